The highest BCUT2D eigenvalue weighted by atomic mass is 32.1. The van der Waals surface area contributed by atoms with Crippen LogP contribution in [0.25, 0.3) is 0 Å². The highest BCUT2D eigenvalue weighted by Crippen LogP contribution is 2.11. The van der Waals surface area contributed by atoms with Gasteiger partial charge in [-0.3, -0.25) is 0 Å². The molecule has 1 aromatic rings. The summed E-state index contributed by atoms with van der Waals surface area (Å²) < 4.78 is 0. The molecule has 0 amide bonds. The summed E-state index contributed by atoms with van der Waals surface area (Å²) in [6.07, 6.45) is 0. The van der Waals surface area contributed by atoms with Crippen LogP contribution in [0.4, 0.5) is 0 Å². The van der Waals surface area contributed by atoms with Gasteiger partial charge in [0, 0.05) is 9.75 Å². The van der Waals surface area contributed by atoms with E-state index in [2.05, 4.69) is 19.9 Å². The molecule has 0 nitrogen and oxygen atoms in total. The van der Waals surface area contributed by atoms with Gasteiger partial charge in [0.05, 0.1) is 0 Å². The summed E-state index contributed by atoms with van der Waals surface area (Å²) in [4.78, 5) is 2.62. The van der Waals surface area contributed by atoms with Gasteiger partial charge in [-0.15, -0.1) is 11.3 Å². The molecule has 1 rings (SSSR count). The van der Waals surface area contributed by atoms with E-state index in [1.165, 1.54) is 9.75 Å². The summed E-state index contributed by atoms with van der Waals surface area (Å²) in [5.74, 6) is 0. The Morgan fingerprint density at radius 1 is 1.57 bits per heavy atom. The third kappa shape index (κ3) is 1.03. The fourth-order valence-corrected chi connectivity index (χ4v) is 1.22. The molecule has 0 saturated carbocycles. The van der Waals surface area contributed by atoms with Crippen LogP contribution in [0.1, 0.15) is 9.75 Å². The van der Waals surface area contributed by atoms with E-state index in [0.29, 0.717) is 0 Å². The number of rotatable bonds is 0. The van der Waals surface area contributed by atoms with E-state index in [4.69, 9.17) is 0 Å². The van der Waals surface area contributed by atoms with Crippen LogP contribution in [0, 0.1) is 19.9 Å². The number of aryl methyl sites for hydroxylation is 2. The molecule has 1 heteroatoms. The van der Waals surface area contributed by atoms with Gasteiger partial charge >= 0.3 is 0 Å². The van der Waals surface area contributed by atoms with Crippen LogP contribution >= 0.6 is 11.3 Å². The first-order valence-corrected chi connectivity index (χ1v) is 3.05. The van der Waals surface area contributed by atoms with Crippen LogP contribution in [0.2, 0.25) is 0 Å². The molecule has 0 N–H and O–H groups in total. The van der Waals surface area contributed by atoms with Gasteiger partial charge in [0.1, 0.15) is 0 Å². The highest BCUT2D eigenvalue weighted by molar-refractivity contribution is 7.11. The molecule has 37 valence electrons. The third-order valence-electron chi connectivity index (χ3n) is 0.793. The molecule has 0 bridgehead atoms. The Kier molecular flexibility index (Phi) is 1.15. The predicted molar refractivity (Wildman–Crippen MR) is 32.6 cm³/mol. The van der Waals surface area contributed by atoms with E-state index in [1.807, 2.05) is 6.07 Å². The fraction of sp³-hybridized carbons (Fsp3) is 0.333. The van der Waals surface area contributed by atoms with Crippen molar-refractivity contribution in [3.05, 3.63) is 21.9 Å². The van der Waals surface area contributed by atoms with Crippen molar-refractivity contribution in [2.24, 2.45) is 0 Å². The van der Waals surface area contributed by atoms with E-state index in [-0.39, 0.29) is 0 Å². The molecule has 7 heavy (non-hydrogen) atoms. The summed E-state index contributed by atoms with van der Waals surface area (Å²) in [7, 11) is 0. The summed E-state index contributed by atoms with van der Waals surface area (Å²) in [6.45, 7) is 4.16. The van der Waals surface area contributed by atoms with Gasteiger partial charge in [0.25, 0.3) is 0 Å². The molecule has 0 aromatic carbocycles. The molecule has 0 unspecified atom stereocenters. The summed E-state index contributed by atoms with van der Waals surface area (Å²) in [6, 6.07) is 5.10. The van der Waals surface area contributed by atoms with Crippen molar-refractivity contribution in [3.8, 4) is 0 Å². The Balaban J connectivity index is 3.04. The molecule has 0 spiro atoms. The van der Waals surface area contributed by atoms with Crippen molar-refractivity contribution in [1.29, 1.82) is 0 Å². The van der Waals surface area contributed by atoms with Gasteiger partial charge in [-0.1, -0.05) is 0 Å². The Bertz CT molecular complexity index is 136. The van der Waals surface area contributed by atoms with E-state index >= 15 is 0 Å². The minimum atomic E-state index is 1.28. The molecule has 1 heterocycles. The molecular weight excluding hydrogens is 104 g/mol. The quantitative estimate of drug-likeness (QED) is 0.481. The Hall–Kier alpha value is -0.300. The van der Waals surface area contributed by atoms with E-state index in [9.17, 15) is 0 Å². The molecule has 0 aliphatic heterocycles. The van der Waals surface area contributed by atoms with E-state index in [0.717, 1.165) is 0 Å². The maximum Gasteiger partial charge on any atom is 0.00958 e. The first kappa shape index (κ1) is 4.85. The molecule has 0 aliphatic rings. The second-order valence-corrected chi connectivity index (χ2v) is 3.02. The molecule has 1 aromatic heterocycles. The zero-order valence-corrected chi connectivity index (χ0v) is 5.30. The van der Waals surface area contributed by atoms with Gasteiger partial charge < -0.3 is 0 Å². The SMILES string of the molecule is Cc1[c]cc(C)s1. The van der Waals surface area contributed by atoms with Crippen LogP contribution in [-0.4, -0.2) is 0 Å². The monoisotopic (exact) mass is 111 g/mol. The lowest BCUT2D eigenvalue weighted by Gasteiger charge is -1.71. The van der Waals surface area contributed by atoms with Crippen molar-refractivity contribution in [1.82, 2.24) is 0 Å². The number of thiophene rings is 1. The second kappa shape index (κ2) is 1.66. The van der Waals surface area contributed by atoms with E-state index in [1.54, 1.807) is 11.3 Å². The van der Waals surface area contributed by atoms with Crippen LogP contribution in [0.5, 0.6) is 0 Å². The maximum atomic E-state index is 3.09. The zero-order valence-electron chi connectivity index (χ0n) is 4.49. The second-order valence-electron chi connectivity index (χ2n) is 1.56. The minimum absolute atomic E-state index is 1.28. The van der Waals surface area contributed by atoms with Gasteiger partial charge in [-0.05, 0) is 26.0 Å². The first-order valence-electron chi connectivity index (χ1n) is 2.24. The smallest absolute Gasteiger partial charge is 0.00958 e. The lowest BCUT2D eigenvalue weighted by atomic mass is 10.5. The molecule has 0 saturated heterocycles. The Morgan fingerprint density at radius 3 is 2.43 bits per heavy atom. The van der Waals surface area contributed by atoms with Crippen molar-refractivity contribution >= 4 is 11.3 Å². The van der Waals surface area contributed by atoms with Gasteiger partial charge in [0.2, 0.25) is 0 Å². The molecule has 0 aliphatic carbocycles. The van der Waals surface area contributed by atoms with Crippen LogP contribution in [0.15, 0.2) is 6.07 Å². The van der Waals surface area contributed by atoms with Crippen LogP contribution in [-0.2, 0) is 0 Å². The summed E-state index contributed by atoms with van der Waals surface area (Å²) in [5, 5.41) is 0. The number of hydrogen-bond donors (Lipinski definition) is 0. The standard InChI is InChI=1S/C6H7S/c1-5-3-4-6(2)7-5/h3H,1-2H3. The van der Waals surface area contributed by atoms with Gasteiger partial charge in [-0.25, -0.2) is 0 Å². The largest absolute Gasteiger partial charge is 0.145 e. The minimum Gasteiger partial charge on any atom is -0.145 e. The fourth-order valence-electron chi connectivity index (χ4n) is 0.504. The third-order valence-corrected chi connectivity index (χ3v) is 1.66. The number of hydrogen-bond acceptors (Lipinski definition) is 1. The topological polar surface area (TPSA) is 0 Å². The van der Waals surface area contributed by atoms with Crippen molar-refractivity contribution in [2.45, 2.75) is 13.8 Å². The summed E-state index contributed by atoms with van der Waals surface area (Å²) in [5.41, 5.74) is 0. The lowest BCUT2D eigenvalue weighted by molar-refractivity contribution is 1.60. The lowest BCUT2D eigenvalue weighted by Crippen LogP contribution is -1.45. The van der Waals surface area contributed by atoms with Crippen molar-refractivity contribution in [3.63, 3.8) is 0 Å². The molecule has 0 fully saturated rings. The molecular formula is C6H7S. The zero-order chi connectivity index (χ0) is 5.28. The van der Waals surface area contributed by atoms with Crippen molar-refractivity contribution in [2.75, 3.05) is 0 Å². The predicted octanol–water partition coefficient (Wildman–Crippen LogP) is 2.17. The first-order chi connectivity index (χ1) is 3.29. The average molecular weight is 111 g/mol. The Morgan fingerprint density at radius 2 is 2.29 bits per heavy atom. The molecule has 0 atom stereocenters. The van der Waals surface area contributed by atoms with E-state index < -0.39 is 0 Å². The molecule has 1 radical (unpaired) electrons. The van der Waals surface area contributed by atoms with Crippen LogP contribution in [0.3, 0.4) is 0 Å². The van der Waals surface area contributed by atoms with Crippen LogP contribution < -0.4 is 0 Å². The van der Waals surface area contributed by atoms with Gasteiger partial charge in [0.15, 0.2) is 0 Å². The van der Waals surface area contributed by atoms with Gasteiger partial charge in [-0.2, -0.15) is 0 Å². The van der Waals surface area contributed by atoms with Crippen molar-refractivity contribution < 1.29 is 0 Å². The maximum absolute atomic E-state index is 3.09. The normalized spacial score (nSPS) is 9.43. The average Bonchev–Trinajstić information content (AvgIpc) is 1.87. The Labute approximate surface area is 47.8 Å². The summed E-state index contributed by atoms with van der Waals surface area (Å²) >= 11 is 1.79. The highest BCUT2D eigenvalue weighted by Gasteiger charge is 1.85.